The number of urea groups is 1. The first-order chi connectivity index (χ1) is 13.4. The normalized spacial score (nSPS) is 10.4. The SMILES string of the molecule is CCOc1cc(NC(=O)Nc2c(C)cc(C)cc2Cl)cc(OCC)c1OCC. The molecule has 0 saturated heterocycles. The molecule has 6 nitrogen and oxygen atoms in total. The van der Waals surface area contributed by atoms with Crippen LogP contribution in [0.2, 0.25) is 5.02 Å². The van der Waals surface area contributed by atoms with Crippen molar-refractivity contribution in [1.82, 2.24) is 0 Å². The van der Waals surface area contributed by atoms with Crippen molar-refractivity contribution in [1.29, 1.82) is 0 Å². The van der Waals surface area contributed by atoms with Gasteiger partial charge in [-0.1, -0.05) is 17.7 Å². The Morgan fingerprint density at radius 1 is 0.893 bits per heavy atom. The van der Waals surface area contributed by atoms with Gasteiger partial charge in [0.05, 0.1) is 36.2 Å². The fraction of sp³-hybridized carbons (Fsp3) is 0.381. The number of carbonyl (C=O) groups is 1. The van der Waals surface area contributed by atoms with E-state index in [4.69, 9.17) is 25.8 Å². The zero-order chi connectivity index (χ0) is 20.7. The van der Waals surface area contributed by atoms with E-state index in [0.29, 0.717) is 53.5 Å². The first-order valence-corrected chi connectivity index (χ1v) is 9.68. The molecule has 0 spiro atoms. The number of aryl methyl sites for hydroxylation is 2. The highest BCUT2D eigenvalue weighted by Crippen LogP contribution is 2.41. The first kappa shape index (κ1) is 21.7. The van der Waals surface area contributed by atoms with Gasteiger partial charge in [-0.05, 0) is 51.8 Å². The smallest absolute Gasteiger partial charge is 0.323 e. The van der Waals surface area contributed by atoms with Gasteiger partial charge in [-0.15, -0.1) is 0 Å². The van der Waals surface area contributed by atoms with Crippen LogP contribution in [0.4, 0.5) is 16.2 Å². The molecule has 0 aliphatic heterocycles. The van der Waals surface area contributed by atoms with Gasteiger partial charge in [0.1, 0.15) is 0 Å². The molecule has 0 aromatic heterocycles. The van der Waals surface area contributed by atoms with E-state index >= 15 is 0 Å². The standard InChI is InChI=1S/C21H27ClN2O4/c1-6-26-17-11-15(12-18(27-7-2)20(17)28-8-3)23-21(25)24-19-14(5)9-13(4)10-16(19)22/h9-12H,6-8H2,1-5H3,(H2,23,24,25). The molecular formula is C21H27ClN2O4. The third-order valence-corrected chi connectivity index (χ3v) is 4.14. The van der Waals surface area contributed by atoms with Gasteiger partial charge in [-0.2, -0.15) is 0 Å². The Hall–Kier alpha value is -2.60. The van der Waals surface area contributed by atoms with Crippen LogP contribution < -0.4 is 24.8 Å². The van der Waals surface area contributed by atoms with Gasteiger partial charge in [0.25, 0.3) is 0 Å². The number of anilines is 2. The average molecular weight is 407 g/mol. The Morgan fingerprint density at radius 3 is 1.96 bits per heavy atom. The highest BCUT2D eigenvalue weighted by Gasteiger charge is 2.17. The van der Waals surface area contributed by atoms with Crippen molar-refractivity contribution < 1.29 is 19.0 Å². The van der Waals surface area contributed by atoms with Gasteiger partial charge in [0, 0.05) is 12.1 Å². The predicted molar refractivity (Wildman–Crippen MR) is 114 cm³/mol. The first-order valence-electron chi connectivity index (χ1n) is 9.30. The summed E-state index contributed by atoms with van der Waals surface area (Å²) < 4.78 is 17.0. The zero-order valence-corrected chi connectivity index (χ0v) is 17.7. The lowest BCUT2D eigenvalue weighted by Gasteiger charge is -2.18. The summed E-state index contributed by atoms with van der Waals surface area (Å²) in [6, 6.07) is 6.77. The quantitative estimate of drug-likeness (QED) is 0.581. The van der Waals surface area contributed by atoms with E-state index in [2.05, 4.69) is 10.6 Å². The van der Waals surface area contributed by atoms with Crippen LogP contribution in [0, 0.1) is 13.8 Å². The number of rotatable bonds is 8. The molecule has 0 saturated carbocycles. The van der Waals surface area contributed by atoms with E-state index in [-0.39, 0.29) is 0 Å². The molecule has 0 bridgehead atoms. The van der Waals surface area contributed by atoms with E-state index in [0.717, 1.165) is 11.1 Å². The van der Waals surface area contributed by atoms with E-state index < -0.39 is 6.03 Å². The number of benzene rings is 2. The van der Waals surface area contributed by atoms with Crippen molar-refractivity contribution in [2.75, 3.05) is 30.5 Å². The summed E-state index contributed by atoms with van der Waals surface area (Å²) in [6.45, 7) is 10.9. The molecule has 2 amide bonds. The number of halogens is 1. The average Bonchev–Trinajstić information content (AvgIpc) is 2.61. The highest BCUT2D eigenvalue weighted by atomic mass is 35.5. The summed E-state index contributed by atoms with van der Waals surface area (Å²) in [5, 5.41) is 6.09. The summed E-state index contributed by atoms with van der Waals surface area (Å²) in [6.07, 6.45) is 0. The molecule has 0 unspecified atom stereocenters. The van der Waals surface area contributed by atoms with Crippen molar-refractivity contribution >= 4 is 29.0 Å². The maximum absolute atomic E-state index is 12.5. The van der Waals surface area contributed by atoms with E-state index in [1.54, 1.807) is 18.2 Å². The fourth-order valence-electron chi connectivity index (χ4n) is 2.81. The second kappa shape index (κ2) is 10.1. The van der Waals surface area contributed by atoms with Gasteiger partial charge in [-0.3, -0.25) is 0 Å². The number of hydrogen-bond acceptors (Lipinski definition) is 4. The summed E-state index contributed by atoms with van der Waals surface area (Å²) >= 11 is 6.27. The summed E-state index contributed by atoms with van der Waals surface area (Å²) in [4.78, 5) is 12.5. The highest BCUT2D eigenvalue weighted by molar-refractivity contribution is 6.34. The molecule has 0 radical (unpaired) electrons. The second-order valence-corrected chi connectivity index (χ2v) is 6.53. The Kier molecular flexibility index (Phi) is 7.81. The molecule has 2 N–H and O–H groups in total. The minimum atomic E-state index is -0.414. The molecule has 2 rings (SSSR count). The van der Waals surface area contributed by atoms with Crippen LogP contribution in [0.15, 0.2) is 24.3 Å². The fourth-order valence-corrected chi connectivity index (χ4v) is 3.18. The molecule has 0 aliphatic rings. The van der Waals surface area contributed by atoms with E-state index in [9.17, 15) is 4.79 Å². The van der Waals surface area contributed by atoms with E-state index in [1.165, 1.54) is 0 Å². The lowest BCUT2D eigenvalue weighted by atomic mass is 10.1. The van der Waals surface area contributed by atoms with Crippen molar-refractivity contribution in [2.45, 2.75) is 34.6 Å². The van der Waals surface area contributed by atoms with Crippen LogP contribution in [-0.2, 0) is 0 Å². The van der Waals surface area contributed by atoms with Crippen LogP contribution >= 0.6 is 11.6 Å². The Morgan fingerprint density at radius 2 is 1.46 bits per heavy atom. The number of hydrogen-bond donors (Lipinski definition) is 2. The van der Waals surface area contributed by atoms with Gasteiger partial charge < -0.3 is 24.8 Å². The number of amides is 2. The molecule has 2 aromatic carbocycles. The van der Waals surface area contributed by atoms with Crippen molar-refractivity contribution in [3.05, 3.63) is 40.4 Å². The monoisotopic (exact) mass is 406 g/mol. The molecule has 0 atom stereocenters. The van der Waals surface area contributed by atoms with Crippen LogP contribution in [0.5, 0.6) is 17.2 Å². The molecule has 2 aromatic rings. The summed E-state index contributed by atoms with van der Waals surface area (Å²) in [7, 11) is 0. The van der Waals surface area contributed by atoms with Crippen molar-refractivity contribution in [3.63, 3.8) is 0 Å². The molecule has 0 heterocycles. The maximum Gasteiger partial charge on any atom is 0.323 e. The minimum absolute atomic E-state index is 0.414. The van der Waals surface area contributed by atoms with Crippen molar-refractivity contribution in [3.8, 4) is 17.2 Å². The third-order valence-electron chi connectivity index (χ3n) is 3.84. The molecule has 28 heavy (non-hydrogen) atoms. The third kappa shape index (κ3) is 5.45. The lowest BCUT2D eigenvalue weighted by Crippen LogP contribution is -2.20. The summed E-state index contributed by atoms with van der Waals surface area (Å²) in [5.74, 6) is 1.54. The number of carbonyl (C=O) groups excluding carboxylic acids is 1. The molecule has 7 heteroatoms. The predicted octanol–water partition coefficient (Wildman–Crippen LogP) is 5.80. The number of nitrogens with one attached hydrogen (secondary N) is 2. The van der Waals surface area contributed by atoms with Crippen LogP contribution in [-0.4, -0.2) is 25.9 Å². The largest absolute Gasteiger partial charge is 0.490 e. The zero-order valence-electron chi connectivity index (χ0n) is 16.9. The molecular weight excluding hydrogens is 380 g/mol. The Bertz CT molecular complexity index is 789. The summed E-state index contributed by atoms with van der Waals surface area (Å²) in [5.41, 5.74) is 3.01. The Labute approximate surface area is 171 Å². The van der Waals surface area contributed by atoms with Crippen molar-refractivity contribution in [2.24, 2.45) is 0 Å². The lowest BCUT2D eigenvalue weighted by molar-refractivity contribution is 0.260. The van der Waals surface area contributed by atoms with Crippen LogP contribution in [0.1, 0.15) is 31.9 Å². The number of ether oxygens (including phenoxy) is 3. The van der Waals surface area contributed by atoms with Crippen LogP contribution in [0.3, 0.4) is 0 Å². The molecule has 0 aliphatic carbocycles. The van der Waals surface area contributed by atoms with Gasteiger partial charge >= 0.3 is 6.03 Å². The minimum Gasteiger partial charge on any atom is -0.490 e. The van der Waals surface area contributed by atoms with Gasteiger partial charge in [0.2, 0.25) is 5.75 Å². The molecule has 0 fully saturated rings. The van der Waals surface area contributed by atoms with Crippen LogP contribution in [0.25, 0.3) is 0 Å². The van der Waals surface area contributed by atoms with Gasteiger partial charge in [-0.25, -0.2) is 4.79 Å². The van der Waals surface area contributed by atoms with Gasteiger partial charge in [0.15, 0.2) is 11.5 Å². The maximum atomic E-state index is 12.5. The molecule has 152 valence electrons. The Balaban J connectivity index is 2.28. The topological polar surface area (TPSA) is 68.8 Å². The second-order valence-electron chi connectivity index (χ2n) is 6.12. The van der Waals surface area contributed by atoms with E-state index in [1.807, 2.05) is 40.7 Å².